The highest BCUT2D eigenvalue weighted by atomic mass is 35.5. The monoisotopic (exact) mass is 343 g/mol. The molecule has 2 aliphatic rings. The molecule has 3 nitrogen and oxygen atoms in total. The van der Waals surface area contributed by atoms with Crippen LogP contribution in [0.15, 0.2) is 70.8 Å². The van der Waals surface area contributed by atoms with Gasteiger partial charge >= 0.3 is 0 Å². The second-order valence-corrected chi connectivity index (χ2v) is 5.68. The molecule has 0 unspecified atom stereocenters. The van der Waals surface area contributed by atoms with Crippen molar-refractivity contribution in [3.05, 3.63) is 76.8 Å². The van der Waals surface area contributed by atoms with Gasteiger partial charge in [0.2, 0.25) is 0 Å². The van der Waals surface area contributed by atoms with Crippen LogP contribution in [0.3, 0.4) is 0 Å². The average molecular weight is 344 g/mol. The lowest BCUT2D eigenvalue weighted by atomic mass is 9.99. The molecule has 0 saturated carbocycles. The molecule has 0 bridgehead atoms. The van der Waals surface area contributed by atoms with Gasteiger partial charge in [0.15, 0.2) is 5.84 Å². The first-order valence-electron chi connectivity index (χ1n) is 7.25. The van der Waals surface area contributed by atoms with Crippen LogP contribution in [0, 0.1) is 0 Å². The lowest BCUT2D eigenvalue weighted by molar-refractivity contribution is 0.491. The summed E-state index contributed by atoms with van der Waals surface area (Å²) in [5.74, 6) is 0.956. The molecule has 2 aromatic carbocycles. The van der Waals surface area contributed by atoms with E-state index in [1.807, 2.05) is 47.5 Å². The Labute approximate surface area is 146 Å². The minimum absolute atomic E-state index is 0. The molecule has 23 heavy (non-hydrogen) atoms. The minimum Gasteiger partial charge on any atom is -0.265 e. The molecule has 0 atom stereocenters. The fraction of sp³-hybridized carbons (Fsp3) is 0.111. The van der Waals surface area contributed by atoms with E-state index in [-0.39, 0.29) is 12.4 Å². The van der Waals surface area contributed by atoms with E-state index in [0.29, 0.717) is 0 Å². The highest BCUT2D eigenvalue weighted by molar-refractivity contribution is 6.33. The predicted octanol–water partition coefficient (Wildman–Crippen LogP) is 4.28. The molecule has 0 radical (unpaired) electrons. The van der Waals surface area contributed by atoms with Gasteiger partial charge in [-0.25, -0.2) is 5.01 Å². The summed E-state index contributed by atoms with van der Waals surface area (Å²) >= 11 is 6.12. The Morgan fingerprint density at radius 2 is 1.74 bits per heavy atom. The fourth-order valence-electron chi connectivity index (χ4n) is 2.74. The molecule has 0 amide bonds. The molecule has 0 fully saturated rings. The third kappa shape index (κ3) is 3.03. The summed E-state index contributed by atoms with van der Waals surface area (Å²) in [6.45, 7) is 1.61. The number of aliphatic imine (C=N–C) groups is 1. The van der Waals surface area contributed by atoms with E-state index < -0.39 is 0 Å². The van der Waals surface area contributed by atoms with Crippen LogP contribution < -0.4 is 0 Å². The third-order valence-electron chi connectivity index (χ3n) is 3.77. The molecule has 0 aliphatic carbocycles. The van der Waals surface area contributed by atoms with Crippen molar-refractivity contribution in [2.45, 2.75) is 0 Å². The van der Waals surface area contributed by atoms with Crippen LogP contribution >= 0.6 is 24.0 Å². The zero-order chi connectivity index (χ0) is 14.9. The highest BCUT2D eigenvalue weighted by Gasteiger charge is 2.26. The van der Waals surface area contributed by atoms with Crippen LogP contribution in [0.5, 0.6) is 0 Å². The van der Waals surface area contributed by atoms with Crippen LogP contribution in [0.25, 0.3) is 5.57 Å². The number of hydrazone groups is 1. The number of hydrogen-bond donors (Lipinski definition) is 0. The van der Waals surface area contributed by atoms with E-state index in [9.17, 15) is 0 Å². The van der Waals surface area contributed by atoms with Crippen molar-refractivity contribution in [3.8, 4) is 0 Å². The molecule has 5 heteroatoms. The Kier molecular flexibility index (Phi) is 4.51. The average Bonchev–Trinajstić information content (AvgIpc) is 3.03. The SMILES string of the molecule is Cl.Clc1cccc(C2=NN3CCN=C3C(c3ccccc3)=C2)c1. The van der Waals surface area contributed by atoms with Gasteiger partial charge in [-0.3, -0.25) is 4.99 Å². The normalized spacial score (nSPS) is 16.0. The zero-order valence-electron chi connectivity index (χ0n) is 12.3. The number of rotatable bonds is 2. The molecule has 116 valence electrons. The van der Waals surface area contributed by atoms with Gasteiger partial charge in [-0.05, 0) is 23.8 Å². The third-order valence-corrected chi connectivity index (χ3v) is 4.01. The largest absolute Gasteiger partial charge is 0.265 e. The second kappa shape index (κ2) is 6.57. The molecule has 0 aromatic heterocycles. The van der Waals surface area contributed by atoms with Gasteiger partial charge in [-0.2, -0.15) is 5.10 Å². The maximum Gasteiger partial charge on any atom is 0.152 e. The number of allylic oxidation sites excluding steroid dienone is 1. The number of hydrogen-bond acceptors (Lipinski definition) is 3. The predicted molar refractivity (Wildman–Crippen MR) is 98.7 cm³/mol. The van der Waals surface area contributed by atoms with Gasteiger partial charge in [0.1, 0.15) is 0 Å². The molecule has 0 spiro atoms. The summed E-state index contributed by atoms with van der Waals surface area (Å²) in [6.07, 6.45) is 2.10. The fourth-order valence-corrected chi connectivity index (χ4v) is 2.93. The van der Waals surface area contributed by atoms with Crippen molar-refractivity contribution in [2.75, 3.05) is 13.1 Å². The minimum atomic E-state index is 0. The maximum absolute atomic E-state index is 6.12. The van der Waals surface area contributed by atoms with Crippen molar-refractivity contribution in [1.29, 1.82) is 0 Å². The van der Waals surface area contributed by atoms with E-state index in [4.69, 9.17) is 16.7 Å². The van der Waals surface area contributed by atoms with E-state index in [0.717, 1.165) is 46.4 Å². The van der Waals surface area contributed by atoms with E-state index in [1.54, 1.807) is 0 Å². The number of halogens is 2. The van der Waals surface area contributed by atoms with E-state index in [1.165, 1.54) is 0 Å². The van der Waals surface area contributed by atoms with Gasteiger partial charge in [0.25, 0.3) is 0 Å². The first-order chi connectivity index (χ1) is 10.8. The summed E-state index contributed by atoms with van der Waals surface area (Å²) in [5.41, 5.74) is 4.21. The Hall–Kier alpha value is -2.10. The highest BCUT2D eigenvalue weighted by Crippen LogP contribution is 2.27. The summed E-state index contributed by atoms with van der Waals surface area (Å²) in [5, 5.41) is 7.42. The van der Waals surface area contributed by atoms with Crippen LogP contribution in [-0.4, -0.2) is 29.6 Å². The molecule has 2 heterocycles. The van der Waals surface area contributed by atoms with E-state index in [2.05, 4.69) is 23.2 Å². The lowest BCUT2D eigenvalue weighted by Crippen LogP contribution is -2.28. The molecule has 2 aliphatic heterocycles. The first kappa shape index (κ1) is 15.8. The van der Waals surface area contributed by atoms with Crippen LogP contribution in [0.2, 0.25) is 5.02 Å². The molecular formula is C18H15Cl2N3. The summed E-state index contributed by atoms with van der Waals surface area (Å²) in [7, 11) is 0. The standard InChI is InChI=1S/C18H14ClN3.ClH/c19-15-8-4-7-14(11-15)17-12-16(13-5-2-1-3-6-13)18-20-9-10-22(18)21-17;/h1-8,11-12H,9-10H2;1H. The molecule has 0 saturated heterocycles. The first-order valence-corrected chi connectivity index (χ1v) is 7.63. The van der Waals surface area contributed by atoms with Crippen molar-refractivity contribution in [2.24, 2.45) is 10.1 Å². The molecule has 2 aromatic rings. The van der Waals surface area contributed by atoms with Crippen molar-refractivity contribution in [3.63, 3.8) is 0 Å². The van der Waals surface area contributed by atoms with Crippen molar-refractivity contribution < 1.29 is 0 Å². The van der Waals surface area contributed by atoms with Crippen molar-refractivity contribution in [1.82, 2.24) is 5.01 Å². The number of benzene rings is 2. The maximum atomic E-state index is 6.12. The Morgan fingerprint density at radius 3 is 2.52 bits per heavy atom. The Balaban J connectivity index is 0.00000156. The van der Waals surface area contributed by atoms with Gasteiger partial charge < -0.3 is 0 Å². The number of amidine groups is 1. The number of fused-ring (bicyclic) bond motifs is 1. The second-order valence-electron chi connectivity index (χ2n) is 5.25. The Bertz CT molecular complexity index is 810. The van der Waals surface area contributed by atoms with Gasteiger partial charge in [-0.15, -0.1) is 12.4 Å². The Morgan fingerprint density at radius 1 is 0.957 bits per heavy atom. The molecular weight excluding hydrogens is 329 g/mol. The van der Waals surface area contributed by atoms with Crippen LogP contribution in [0.1, 0.15) is 11.1 Å². The quantitative estimate of drug-likeness (QED) is 0.799. The van der Waals surface area contributed by atoms with Gasteiger partial charge in [0, 0.05) is 16.2 Å². The molecule has 0 N–H and O–H groups in total. The summed E-state index contributed by atoms with van der Waals surface area (Å²) < 4.78 is 0. The smallest absolute Gasteiger partial charge is 0.152 e. The van der Waals surface area contributed by atoms with E-state index >= 15 is 0 Å². The number of nitrogens with zero attached hydrogens (tertiary/aromatic N) is 3. The summed E-state index contributed by atoms with van der Waals surface area (Å²) in [4.78, 5) is 4.60. The summed E-state index contributed by atoms with van der Waals surface area (Å²) in [6, 6.07) is 18.1. The van der Waals surface area contributed by atoms with Crippen LogP contribution in [-0.2, 0) is 0 Å². The zero-order valence-corrected chi connectivity index (χ0v) is 13.9. The topological polar surface area (TPSA) is 28.0 Å². The lowest BCUT2D eigenvalue weighted by Gasteiger charge is -2.23. The van der Waals surface area contributed by atoms with Crippen LogP contribution in [0.4, 0.5) is 0 Å². The van der Waals surface area contributed by atoms with Gasteiger partial charge in [0.05, 0.1) is 18.8 Å². The van der Waals surface area contributed by atoms with Crippen molar-refractivity contribution >= 4 is 41.1 Å². The van der Waals surface area contributed by atoms with Gasteiger partial charge in [-0.1, -0.05) is 54.1 Å². The molecule has 4 rings (SSSR count).